The molecule has 1 aliphatic carbocycles. The van der Waals surface area contributed by atoms with Gasteiger partial charge in [-0.2, -0.15) is 5.10 Å². The number of aliphatic hydroxyl groups is 1. The average Bonchev–Trinajstić information content (AvgIpc) is 2.59. The van der Waals surface area contributed by atoms with E-state index in [1.165, 1.54) is 0 Å². The molecule has 1 N–H and O–H groups in total. The molecule has 0 atom stereocenters. The first-order chi connectivity index (χ1) is 7.09. The van der Waals surface area contributed by atoms with Gasteiger partial charge < -0.3 is 5.11 Å². The largest absolute Gasteiger partial charge is 0.393 e. The van der Waals surface area contributed by atoms with Gasteiger partial charge >= 0.3 is 0 Å². The molecule has 2 rings (SSSR count). The van der Waals surface area contributed by atoms with Crippen molar-refractivity contribution >= 4 is 5.78 Å². The van der Waals surface area contributed by atoms with E-state index in [9.17, 15) is 9.90 Å². The zero-order chi connectivity index (χ0) is 11.0. The lowest BCUT2D eigenvalue weighted by atomic mass is 9.89. The Hall–Kier alpha value is -1.16. The quantitative estimate of drug-likeness (QED) is 0.764. The number of carbonyl (C=O) groups is 1. The Morgan fingerprint density at radius 1 is 1.60 bits per heavy atom. The van der Waals surface area contributed by atoms with Crippen LogP contribution in [-0.2, 0) is 0 Å². The normalized spacial score (nSPS) is 25.3. The molecule has 0 radical (unpaired) electrons. The van der Waals surface area contributed by atoms with Gasteiger partial charge in [-0.25, -0.2) is 0 Å². The topological polar surface area (TPSA) is 55.1 Å². The molecule has 1 heterocycles. The molecule has 0 saturated heterocycles. The van der Waals surface area contributed by atoms with Gasteiger partial charge in [0, 0.05) is 12.1 Å². The van der Waals surface area contributed by atoms with Gasteiger partial charge in [-0.1, -0.05) is 13.8 Å². The van der Waals surface area contributed by atoms with Crippen molar-refractivity contribution in [3.8, 4) is 0 Å². The summed E-state index contributed by atoms with van der Waals surface area (Å²) in [6.45, 7) is 3.77. The number of aliphatic hydroxyl groups excluding tert-OH is 1. The Balaban J connectivity index is 2.19. The predicted molar refractivity (Wildman–Crippen MR) is 55.7 cm³/mol. The van der Waals surface area contributed by atoms with Gasteiger partial charge in [0.05, 0.1) is 12.1 Å². The summed E-state index contributed by atoms with van der Waals surface area (Å²) in [5, 5.41) is 13.4. The Morgan fingerprint density at radius 3 is 2.80 bits per heavy atom. The lowest BCUT2D eigenvalue weighted by Gasteiger charge is -2.32. The summed E-state index contributed by atoms with van der Waals surface area (Å²) in [5.74, 6) is 0.110. The fourth-order valence-corrected chi connectivity index (χ4v) is 1.85. The molecule has 4 heteroatoms. The van der Waals surface area contributed by atoms with Crippen LogP contribution in [0.1, 0.15) is 43.2 Å². The van der Waals surface area contributed by atoms with Crippen LogP contribution in [0.15, 0.2) is 12.3 Å². The smallest absolute Gasteiger partial charge is 0.183 e. The van der Waals surface area contributed by atoms with Crippen LogP contribution in [0.5, 0.6) is 0 Å². The molecule has 0 aromatic carbocycles. The monoisotopic (exact) mass is 208 g/mol. The van der Waals surface area contributed by atoms with Crippen LogP contribution in [0.2, 0.25) is 0 Å². The summed E-state index contributed by atoms with van der Waals surface area (Å²) < 4.78 is 1.76. The van der Waals surface area contributed by atoms with E-state index < -0.39 is 0 Å². The van der Waals surface area contributed by atoms with Crippen molar-refractivity contribution in [3.05, 3.63) is 18.0 Å². The lowest BCUT2D eigenvalue weighted by molar-refractivity contribution is 0.0414. The van der Waals surface area contributed by atoms with Gasteiger partial charge in [0.1, 0.15) is 5.69 Å². The number of rotatable bonds is 3. The van der Waals surface area contributed by atoms with Gasteiger partial charge in [0.15, 0.2) is 5.78 Å². The summed E-state index contributed by atoms with van der Waals surface area (Å²) in [6.07, 6.45) is 2.85. The molecule has 82 valence electrons. The minimum atomic E-state index is -0.221. The highest BCUT2D eigenvalue weighted by molar-refractivity contribution is 5.95. The van der Waals surface area contributed by atoms with Crippen molar-refractivity contribution < 1.29 is 9.90 Å². The van der Waals surface area contributed by atoms with E-state index in [0.29, 0.717) is 18.5 Å². The van der Waals surface area contributed by atoms with Gasteiger partial charge in [0.25, 0.3) is 0 Å². The van der Waals surface area contributed by atoms with Crippen LogP contribution in [-0.4, -0.2) is 26.8 Å². The zero-order valence-electron chi connectivity index (χ0n) is 9.05. The fraction of sp³-hybridized carbons (Fsp3) is 0.636. The van der Waals surface area contributed by atoms with Gasteiger partial charge in [-0.15, -0.1) is 0 Å². The van der Waals surface area contributed by atoms with E-state index >= 15 is 0 Å². The highest BCUT2D eigenvalue weighted by Crippen LogP contribution is 2.32. The summed E-state index contributed by atoms with van der Waals surface area (Å²) in [6, 6.07) is 1.96. The summed E-state index contributed by atoms with van der Waals surface area (Å²) >= 11 is 0. The molecule has 0 spiro atoms. The summed E-state index contributed by atoms with van der Waals surface area (Å²) in [5.41, 5.74) is 0.668. The maximum absolute atomic E-state index is 11.8. The fourth-order valence-electron chi connectivity index (χ4n) is 1.85. The van der Waals surface area contributed by atoms with Gasteiger partial charge in [0.2, 0.25) is 0 Å². The third-order valence-electron chi connectivity index (χ3n) is 2.88. The van der Waals surface area contributed by atoms with Crippen LogP contribution < -0.4 is 0 Å². The average molecular weight is 208 g/mol. The number of ketones is 1. The first-order valence-electron chi connectivity index (χ1n) is 5.35. The van der Waals surface area contributed by atoms with E-state index in [2.05, 4.69) is 5.10 Å². The second-order valence-corrected chi connectivity index (χ2v) is 4.46. The van der Waals surface area contributed by atoms with Crippen molar-refractivity contribution in [1.82, 2.24) is 9.78 Å². The Morgan fingerprint density at radius 2 is 2.27 bits per heavy atom. The summed E-state index contributed by atoms with van der Waals surface area (Å²) in [7, 11) is 0. The van der Waals surface area contributed by atoms with E-state index in [0.717, 1.165) is 0 Å². The minimum absolute atomic E-state index is 0.00884. The van der Waals surface area contributed by atoms with Crippen molar-refractivity contribution in [3.63, 3.8) is 0 Å². The zero-order valence-corrected chi connectivity index (χ0v) is 9.05. The van der Waals surface area contributed by atoms with E-state index in [1.807, 2.05) is 13.8 Å². The Labute approximate surface area is 88.9 Å². The molecule has 15 heavy (non-hydrogen) atoms. The molecular weight excluding hydrogens is 192 g/mol. The molecule has 1 fully saturated rings. The van der Waals surface area contributed by atoms with Crippen molar-refractivity contribution in [1.29, 1.82) is 0 Å². The van der Waals surface area contributed by atoms with Gasteiger partial charge in [-0.05, 0) is 18.9 Å². The highest BCUT2D eigenvalue weighted by atomic mass is 16.3. The number of carbonyl (C=O) groups excluding carboxylic acids is 1. The van der Waals surface area contributed by atoms with E-state index in [-0.39, 0.29) is 23.8 Å². The van der Waals surface area contributed by atoms with Crippen molar-refractivity contribution in [2.75, 3.05) is 0 Å². The molecular formula is C11H16N2O2. The third-order valence-corrected chi connectivity index (χ3v) is 2.88. The second kappa shape index (κ2) is 3.77. The Kier molecular flexibility index (Phi) is 2.61. The summed E-state index contributed by atoms with van der Waals surface area (Å²) in [4.78, 5) is 11.8. The maximum atomic E-state index is 11.8. The Bertz CT molecular complexity index is 364. The van der Waals surface area contributed by atoms with Crippen LogP contribution in [0, 0.1) is 5.92 Å². The van der Waals surface area contributed by atoms with Crippen LogP contribution in [0.25, 0.3) is 0 Å². The molecule has 0 unspecified atom stereocenters. The third kappa shape index (κ3) is 1.81. The number of hydrogen-bond donors (Lipinski definition) is 1. The molecule has 4 nitrogen and oxygen atoms in total. The number of nitrogens with zero attached hydrogens (tertiary/aromatic N) is 2. The number of hydrogen-bond acceptors (Lipinski definition) is 3. The van der Waals surface area contributed by atoms with Crippen LogP contribution in [0.3, 0.4) is 0 Å². The number of Topliss-reactive ketones (excluding diaryl/α,β-unsaturated/α-hetero) is 1. The molecule has 0 aliphatic heterocycles. The van der Waals surface area contributed by atoms with Crippen LogP contribution >= 0.6 is 0 Å². The maximum Gasteiger partial charge on any atom is 0.183 e. The molecule has 1 aromatic rings. The number of aromatic nitrogens is 2. The molecule has 0 bridgehead atoms. The first kappa shape index (κ1) is 10.4. The van der Waals surface area contributed by atoms with E-state index in [4.69, 9.17) is 0 Å². The van der Waals surface area contributed by atoms with Gasteiger partial charge in [-0.3, -0.25) is 9.48 Å². The van der Waals surface area contributed by atoms with Crippen molar-refractivity contribution in [2.45, 2.75) is 38.8 Å². The first-order valence-corrected chi connectivity index (χ1v) is 5.35. The van der Waals surface area contributed by atoms with E-state index in [1.54, 1.807) is 16.9 Å². The van der Waals surface area contributed by atoms with Crippen LogP contribution in [0.4, 0.5) is 0 Å². The minimum Gasteiger partial charge on any atom is -0.393 e. The molecule has 0 amide bonds. The lowest BCUT2D eigenvalue weighted by Crippen LogP contribution is -2.33. The standard InChI is InChI=1S/C11H16N2O2/c1-7(2)11(15)10-3-4-12-13(10)8-5-9(14)6-8/h3-4,7-9,14H,5-6H2,1-2H3. The molecule has 1 aliphatic rings. The SMILES string of the molecule is CC(C)C(=O)c1ccnn1C1CC(O)C1. The molecule has 1 saturated carbocycles. The predicted octanol–water partition coefficient (Wildman–Crippen LogP) is 1.42. The second-order valence-electron chi connectivity index (χ2n) is 4.46. The van der Waals surface area contributed by atoms with Crippen molar-refractivity contribution in [2.24, 2.45) is 5.92 Å². The molecule has 1 aromatic heterocycles. The highest BCUT2D eigenvalue weighted by Gasteiger charge is 2.31.